The van der Waals surface area contributed by atoms with Gasteiger partial charge >= 0.3 is 0 Å². The average molecular weight is 249 g/mol. The summed E-state index contributed by atoms with van der Waals surface area (Å²) in [4.78, 5) is 6.86. The van der Waals surface area contributed by atoms with Gasteiger partial charge in [0.05, 0.1) is 11.8 Å². The highest BCUT2D eigenvalue weighted by Crippen LogP contribution is 2.21. The Labute approximate surface area is 109 Å². The molecule has 0 aliphatic carbocycles. The molecule has 0 amide bonds. The molecule has 0 radical (unpaired) electrons. The van der Waals surface area contributed by atoms with Crippen molar-refractivity contribution in [3.63, 3.8) is 0 Å². The normalized spacial score (nSPS) is 25.1. The van der Waals surface area contributed by atoms with E-state index < -0.39 is 0 Å². The Hall–Kier alpha value is -1.13. The van der Waals surface area contributed by atoms with Crippen LogP contribution in [0.25, 0.3) is 0 Å². The van der Waals surface area contributed by atoms with Crippen molar-refractivity contribution in [2.24, 2.45) is 5.92 Å². The lowest BCUT2D eigenvalue weighted by Gasteiger charge is -2.36. The molecule has 18 heavy (non-hydrogen) atoms. The lowest BCUT2D eigenvalue weighted by Crippen LogP contribution is -2.43. The van der Waals surface area contributed by atoms with E-state index in [1.54, 1.807) is 0 Å². The van der Waals surface area contributed by atoms with Crippen molar-refractivity contribution in [1.82, 2.24) is 9.88 Å². The first-order valence-corrected chi connectivity index (χ1v) is 6.60. The lowest BCUT2D eigenvalue weighted by molar-refractivity contribution is -0.00778. The van der Waals surface area contributed by atoms with Gasteiger partial charge in [0.2, 0.25) is 0 Å². The summed E-state index contributed by atoms with van der Waals surface area (Å²) < 4.78 is 5.54. The molecule has 1 aliphatic heterocycles. The van der Waals surface area contributed by atoms with Crippen LogP contribution in [0.1, 0.15) is 19.0 Å². The van der Waals surface area contributed by atoms with E-state index in [1.807, 2.05) is 26.4 Å². The molecule has 2 rings (SSSR count). The first kappa shape index (κ1) is 13.3. The molecular weight excluding hydrogens is 226 g/mol. The van der Waals surface area contributed by atoms with E-state index in [1.165, 1.54) is 6.42 Å². The molecule has 1 saturated heterocycles. The van der Waals surface area contributed by atoms with E-state index in [0.29, 0.717) is 12.0 Å². The van der Waals surface area contributed by atoms with E-state index in [9.17, 15) is 0 Å². The SMILES string of the molecule is CNc1ccnc(CN2CCC(C)C(OC)C2)c1. The van der Waals surface area contributed by atoms with Gasteiger partial charge in [0.25, 0.3) is 0 Å². The average Bonchev–Trinajstić information content (AvgIpc) is 2.41. The Morgan fingerprint density at radius 2 is 2.39 bits per heavy atom. The molecule has 1 aliphatic rings. The number of anilines is 1. The molecule has 2 heterocycles. The predicted molar refractivity (Wildman–Crippen MR) is 73.6 cm³/mol. The largest absolute Gasteiger partial charge is 0.388 e. The number of ether oxygens (including phenoxy) is 1. The van der Waals surface area contributed by atoms with Gasteiger partial charge in [-0.05, 0) is 31.0 Å². The standard InChI is InChI=1S/C14H23N3O/c1-11-5-7-17(10-14(11)18-3)9-13-8-12(15-2)4-6-16-13/h4,6,8,11,14H,5,7,9-10H2,1-3H3,(H,15,16). The molecule has 0 aromatic carbocycles. The fourth-order valence-electron chi connectivity index (χ4n) is 2.50. The highest BCUT2D eigenvalue weighted by Gasteiger charge is 2.25. The van der Waals surface area contributed by atoms with Crippen LogP contribution in [0.15, 0.2) is 18.3 Å². The van der Waals surface area contributed by atoms with Gasteiger partial charge in [-0.3, -0.25) is 9.88 Å². The Kier molecular flexibility index (Phi) is 4.55. The highest BCUT2D eigenvalue weighted by atomic mass is 16.5. The third-order valence-corrected chi connectivity index (χ3v) is 3.77. The highest BCUT2D eigenvalue weighted by molar-refractivity contribution is 5.42. The maximum Gasteiger partial charge on any atom is 0.0724 e. The number of pyridine rings is 1. The number of nitrogens with zero attached hydrogens (tertiary/aromatic N) is 2. The zero-order chi connectivity index (χ0) is 13.0. The summed E-state index contributed by atoms with van der Waals surface area (Å²) in [5, 5.41) is 3.15. The van der Waals surface area contributed by atoms with E-state index >= 15 is 0 Å². The smallest absolute Gasteiger partial charge is 0.0724 e. The van der Waals surface area contributed by atoms with E-state index in [2.05, 4.69) is 28.2 Å². The molecule has 1 aromatic heterocycles. The molecule has 100 valence electrons. The van der Waals surface area contributed by atoms with Crippen LogP contribution < -0.4 is 5.32 Å². The van der Waals surface area contributed by atoms with Crippen molar-refractivity contribution < 1.29 is 4.74 Å². The van der Waals surface area contributed by atoms with Crippen LogP contribution in [0.3, 0.4) is 0 Å². The second-order valence-electron chi connectivity index (χ2n) is 5.06. The third-order valence-electron chi connectivity index (χ3n) is 3.77. The number of hydrogen-bond acceptors (Lipinski definition) is 4. The van der Waals surface area contributed by atoms with E-state index in [-0.39, 0.29) is 0 Å². The van der Waals surface area contributed by atoms with Gasteiger partial charge < -0.3 is 10.1 Å². The molecule has 0 spiro atoms. The first-order chi connectivity index (χ1) is 8.72. The number of nitrogens with one attached hydrogen (secondary N) is 1. The molecule has 1 N–H and O–H groups in total. The number of hydrogen-bond donors (Lipinski definition) is 1. The summed E-state index contributed by atoms with van der Waals surface area (Å²) in [6, 6.07) is 4.10. The van der Waals surface area contributed by atoms with Crippen LogP contribution in [0, 0.1) is 5.92 Å². The number of aromatic nitrogens is 1. The fraction of sp³-hybridized carbons (Fsp3) is 0.643. The van der Waals surface area contributed by atoms with Crippen molar-refractivity contribution in [1.29, 1.82) is 0 Å². The molecule has 4 heteroatoms. The molecule has 4 nitrogen and oxygen atoms in total. The van der Waals surface area contributed by atoms with Crippen LogP contribution >= 0.6 is 0 Å². The van der Waals surface area contributed by atoms with Gasteiger partial charge in [0.15, 0.2) is 0 Å². The van der Waals surface area contributed by atoms with Crippen LogP contribution in [0.2, 0.25) is 0 Å². The van der Waals surface area contributed by atoms with Crippen molar-refractivity contribution in [2.75, 3.05) is 32.6 Å². The van der Waals surface area contributed by atoms with Crippen molar-refractivity contribution in [2.45, 2.75) is 26.0 Å². The van der Waals surface area contributed by atoms with Gasteiger partial charge in [-0.1, -0.05) is 6.92 Å². The summed E-state index contributed by atoms with van der Waals surface area (Å²) in [7, 11) is 3.74. The molecule has 1 fully saturated rings. The van der Waals surface area contributed by atoms with E-state index in [0.717, 1.165) is 31.0 Å². The summed E-state index contributed by atoms with van der Waals surface area (Å²) in [6.07, 6.45) is 3.41. The van der Waals surface area contributed by atoms with Gasteiger partial charge in [-0.25, -0.2) is 0 Å². The predicted octanol–water partition coefficient (Wildman–Crippen LogP) is 1.98. The minimum absolute atomic E-state index is 0.353. The van der Waals surface area contributed by atoms with Crippen molar-refractivity contribution in [3.05, 3.63) is 24.0 Å². The topological polar surface area (TPSA) is 37.4 Å². The minimum atomic E-state index is 0.353. The second kappa shape index (κ2) is 6.16. The minimum Gasteiger partial charge on any atom is -0.388 e. The first-order valence-electron chi connectivity index (χ1n) is 6.60. The Morgan fingerprint density at radius 3 is 3.11 bits per heavy atom. The van der Waals surface area contributed by atoms with Crippen LogP contribution in [-0.4, -0.2) is 43.2 Å². The molecule has 2 atom stereocenters. The summed E-state index contributed by atoms with van der Waals surface area (Å²) in [5.41, 5.74) is 2.24. The van der Waals surface area contributed by atoms with Gasteiger partial charge in [0.1, 0.15) is 0 Å². The Morgan fingerprint density at radius 1 is 1.56 bits per heavy atom. The summed E-state index contributed by atoms with van der Waals surface area (Å²) in [6.45, 7) is 5.31. The third kappa shape index (κ3) is 3.21. The molecule has 0 bridgehead atoms. The van der Waals surface area contributed by atoms with Gasteiger partial charge in [-0.2, -0.15) is 0 Å². The van der Waals surface area contributed by atoms with Crippen LogP contribution in [0.5, 0.6) is 0 Å². The molecule has 1 aromatic rings. The maximum absolute atomic E-state index is 5.54. The fourth-order valence-corrected chi connectivity index (χ4v) is 2.50. The maximum atomic E-state index is 5.54. The summed E-state index contributed by atoms with van der Waals surface area (Å²) >= 11 is 0. The van der Waals surface area contributed by atoms with Crippen LogP contribution in [-0.2, 0) is 11.3 Å². The molecular formula is C14H23N3O. The Balaban J connectivity index is 1.96. The number of piperidine rings is 1. The quantitative estimate of drug-likeness (QED) is 0.885. The monoisotopic (exact) mass is 249 g/mol. The van der Waals surface area contributed by atoms with E-state index in [4.69, 9.17) is 4.74 Å². The zero-order valence-corrected chi connectivity index (χ0v) is 11.5. The second-order valence-corrected chi connectivity index (χ2v) is 5.06. The van der Waals surface area contributed by atoms with Gasteiger partial charge in [-0.15, -0.1) is 0 Å². The Bertz CT molecular complexity index is 383. The van der Waals surface area contributed by atoms with Gasteiger partial charge in [0, 0.05) is 39.1 Å². The van der Waals surface area contributed by atoms with Crippen molar-refractivity contribution >= 4 is 5.69 Å². The number of methoxy groups -OCH3 is 1. The number of rotatable bonds is 4. The van der Waals surface area contributed by atoms with Crippen molar-refractivity contribution in [3.8, 4) is 0 Å². The molecule has 2 unspecified atom stereocenters. The zero-order valence-electron chi connectivity index (χ0n) is 11.5. The number of likely N-dealkylation sites (tertiary alicyclic amines) is 1. The summed E-state index contributed by atoms with van der Waals surface area (Å²) in [5.74, 6) is 0.655. The molecule has 0 saturated carbocycles. The van der Waals surface area contributed by atoms with Crippen LogP contribution in [0.4, 0.5) is 5.69 Å². The lowest BCUT2D eigenvalue weighted by atomic mass is 9.96.